The third-order valence-corrected chi connectivity index (χ3v) is 3.48. The van der Waals surface area contributed by atoms with Crippen molar-refractivity contribution in [3.05, 3.63) is 24.0 Å². The minimum atomic E-state index is 0.527. The molecule has 0 aromatic carbocycles. The van der Waals surface area contributed by atoms with Crippen LogP contribution in [0.2, 0.25) is 0 Å². The van der Waals surface area contributed by atoms with E-state index < -0.39 is 0 Å². The Balaban J connectivity index is 2.24. The Labute approximate surface area is 97.7 Å². The second kappa shape index (κ2) is 5.30. The molecule has 3 nitrogen and oxygen atoms in total. The number of nitrogens with two attached hydrogens (primary N) is 1. The fraction of sp³-hybridized carbons (Fsp3) is 0.615. The highest BCUT2D eigenvalue weighted by Crippen LogP contribution is 2.29. The predicted molar refractivity (Wildman–Crippen MR) is 67.4 cm³/mol. The summed E-state index contributed by atoms with van der Waals surface area (Å²) in [6.45, 7) is 3.79. The number of hydrogen-bond donors (Lipinski definition) is 1. The molecule has 0 amide bonds. The van der Waals surface area contributed by atoms with Crippen molar-refractivity contribution in [1.82, 2.24) is 4.98 Å². The van der Waals surface area contributed by atoms with Crippen LogP contribution in [0.1, 0.15) is 38.3 Å². The van der Waals surface area contributed by atoms with Crippen molar-refractivity contribution >= 4 is 5.69 Å². The molecule has 1 fully saturated rings. The lowest BCUT2D eigenvalue weighted by atomic mass is 10.1. The first kappa shape index (κ1) is 11.4. The van der Waals surface area contributed by atoms with Gasteiger partial charge in [-0.05, 0) is 31.9 Å². The summed E-state index contributed by atoms with van der Waals surface area (Å²) in [5.41, 5.74) is 8.01. The first-order valence-corrected chi connectivity index (χ1v) is 6.27. The van der Waals surface area contributed by atoms with Crippen LogP contribution in [0, 0.1) is 0 Å². The molecule has 0 radical (unpaired) electrons. The van der Waals surface area contributed by atoms with Crippen LogP contribution in [0.4, 0.5) is 5.69 Å². The van der Waals surface area contributed by atoms with E-state index in [1.165, 1.54) is 31.4 Å². The molecule has 1 aliphatic carbocycles. The highest BCUT2D eigenvalue weighted by Gasteiger charge is 2.23. The van der Waals surface area contributed by atoms with Gasteiger partial charge in [0.15, 0.2) is 0 Å². The third kappa shape index (κ3) is 2.19. The van der Waals surface area contributed by atoms with Gasteiger partial charge >= 0.3 is 0 Å². The Bertz CT molecular complexity index is 332. The topological polar surface area (TPSA) is 42.2 Å². The van der Waals surface area contributed by atoms with Crippen molar-refractivity contribution in [3.63, 3.8) is 0 Å². The van der Waals surface area contributed by atoms with Crippen LogP contribution in [-0.2, 0) is 6.54 Å². The van der Waals surface area contributed by atoms with Crippen molar-refractivity contribution in [1.29, 1.82) is 0 Å². The molecule has 0 spiro atoms. The molecule has 3 heteroatoms. The maximum Gasteiger partial charge on any atom is 0.0772 e. The van der Waals surface area contributed by atoms with Crippen LogP contribution in [-0.4, -0.2) is 17.6 Å². The lowest BCUT2D eigenvalue weighted by Crippen LogP contribution is -2.34. The third-order valence-electron chi connectivity index (χ3n) is 3.48. The van der Waals surface area contributed by atoms with Crippen molar-refractivity contribution in [2.75, 3.05) is 11.4 Å². The number of anilines is 1. The number of rotatable bonds is 4. The lowest BCUT2D eigenvalue weighted by molar-refractivity contribution is 0.615. The zero-order valence-corrected chi connectivity index (χ0v) is 10.0. The SMILES string of the molecule is CCN(c1cccnc1CN)C1CCCC1. The van der Waals surface area contributed by atoms with E-state index in [9.17, 15) is 0 Å². The Hall–Kier alpha value is -1.09. The lowest BCUT2D eigenvalue weighted by Gasteiger charge is -2.31. The molecule has 0 saturated heterocycles. The van der Waals surface area contributed by atoms with Crippen LogP contribution < -0.4 is 10.6 Å². The predicted octanol–water partition coefficient (Wildman–Crippen LogP) is 2.31. The van der Waals surface area contributed by atoms with Gasteiger partial charge in [-0.1, -0.05) is 12.8 Å². The second-order valence-electron chi connectivity index (χ2n) is 4.40. The minimum absolute atomic E-state index is 0.527. The van der Waals surface area contributed by atoms with Crippen molar-refractivity contribution < 1.29 is 0 Å². The molecular formula is C13H21N3. The summed E-state index contributed by atoms with van der Waals surface area (Å²) in [4.78, 5) is 6.85. The molecule has 2 rings (SSSR count). The first-order valence-electron chi connectivity index (χ1n) is 6.27. The summed E-state index contributed by atoms with van der Waals surface area (Å²) in [5, 5.41) is 0. The quantitative estimate of drug-likeness (QED) is 0.845. The highest BCUT2D eigenvalue weighted by atomic mass is 15.2. The van der Waals surface area contributed by atoms with Crippen molar-refractivity contribution in [3.8, 4) is 0 Å². The van der Waals surface area contributed by atoms with E-state index in [1.807, 2.05) is 12.3 Å². The van der Waals surface area contributed by atoms with Gasteiger partial charge in [-0.25, -0.2) is 0 Å². The zero-order valence-electron chi connectivity index (χ0n) is 10.0. The molecule has 1 aromatic rings. The molecule has 0 aliphatic heterocycles. The van der Waals surface area contributed by atoms with E-state index >= 15 is 0 Å². The largest absolute Gasteiger partial charge is 0.367 e. The van der Waals surface area contributed by atoms with Gasteiger partial charge in [0.1, 0.15) is 0 Å². The van der Waals surface area contributed by atoms with Crippen LogP contribution in [0.25, 0.3) is 0 Å². The Morgan fingerprint density at radius 2 is 2.19 bits per heavy atom. The van der Waals surface area contributed by atoms with Gasteiger partial charge in [0.05, 0.1) is 11.4 Å². The summed E-state index contributed by atoms with van der Waals surface area (Å²) < 4.78 is 0. The summed E-state index contributed by atoms with van der Waals surface area (Å²) in [7, 11) is 0. The highest BCUT2D eigenvalue weighted by molar-refractivity contribution is 5.51. The normalized spacial score (nSPS) is 16.6. The standard InChI is InChI=1S/C13H21N3/c1-2-16(11-6-3-4-7-11)13-8-5-9-15-12(13)10-14/h5,8-9,11H,2-4,6-7,10,14H2,1H3. The van der Waals surface area contributed by atoms with Crippen LogP contribution in [0.15, 0.2) is 18.3 Å². The maximum atomic E-state index is 5.75. The van der Waals surface area contributed by atoms with Gasteiger partial charge in [-0.15, -0.1) is 0 Å². The fourth-order valence-electron chi connectivity index (χ4n) is 2.69. The van der Waals surface area contributed by atoms with E-state index in [4.69, 9.17) is 5.73 Å². The Kier molecular flexibility index (Phi) is 3.78. The Morgan fingerprint density at radius 3 is 2.81 bits per heavy atom. The van der Waals surface area contributed by atoms with E-state index in [0.29, 0.717) is 12.6 Å². The van der Waals surface area contributed by atoms with Crippen molar-refractivity contribution in [2.24, 2.45) is 5.73 Å². The zero-order chi connectivity index (χ0) is 11.4. The van der Waals surface area contributed by atoms with Gasteiger partial charge in [0, 0.05) is 25.3 Å². The molecule has 0 bridgehead atoms. The molecule has 1 saturated carbocycles. The van der Waals surface area contributed by atoms with Crippen LogP contribution in [0.5, 0.6) is 0 Å². The molecule has 0 unspecified atom stereocenters. The second-order valence-corrected chi connectivity index (χ2v) is 4.40. The monoisotopic (exact) mass is 219 g/mol. The van der Waals surface area contributed by atoms with Crippen LogP contribution >= 0.6 is 0 Å². The van der Waals surface area contributed by atoms with Gasteiger partial charge in [-0.3, -0.25) is 4.98 Å². The van der Waals surface area contributed by atoms with E-state index in [2.05, 4.69) is 22.9 Å². The molecule has 2 N–H and O–H groups in total. The molecule has 1 aromatic heterocycles. The first-order chi connectivity index (χ1) is 7.86. The summed E-state index contributed by atoms with van der Waals surface area (Å²) >= 11 is 0. The van der Waals surface area contributed by atoms with Gasteiger partial charge < -0.3 is 10.6 Å². The number of pyridine rings is 1. The fourth-order valence-corrected chi connectivity index (χ4v) is 2.69. The summed E-state index contributed by atoms with van der Waals surface area (Å²) in [6.07, 6.45) is 7.17. The molecule has 88 valence electrons. The molecule has 1 heterocycles. The minimum Gasteiger partial charge on any atom is -0.367 e. The smallest absolute Gasteiger partial charge is 0.0772 e. The molecule has 0 atom stereocenters. The average molecular weight is 219 g/mol. The van der Waals surface area contributed by atoms with Gasteiger partial charge in [0.25, 0.3) is 0 Å². The average Bonchev–Trinajstić information content (AvgIpc) is 2.84. The van der Waals surface area contributed by atoms with E-state index in [-0.39, 0.29) is 0 Å². The van der Waals surface area contributed by atoms with E-state index in [0.717, 1.165) is 12.2 Å². The van der Waals surface area contributed by atoms with E-state index in [1.54, 1.807) is 0 Å². The van der Waals surface area contributed by atoms with Gasteiger partial charge in [-0.2, -0.15) is 0 Å². The maximum absolute atomic E-state index is 5.75. The molecule has 16 heavy (non-hydrogen) atoms. The molecule has 1 aliphatic rings. The number of nitrogens with zero attached hydrogens (tertiary/aromatic N) is 2. The summed E-state index contributed by atoms with van der Waals surface area (Å²) in [5.74, 6) is 0. The molecular weight excluding hydrogens is 198 g/mol. The summed E-state index contributed by atoms with van der Waals surface area (Å²) in [6, 6.07) is 4.85. The van der Waals surface area contributed by atoms with Crippen LogP contribution in [0.3, 0.4) is 0 Å². The number of aromatic nitrogens is 1. The van der Waals surface area contributed by atoms with Crippen molar-refractivity contribution in [2.45, 2.75) is 45.2 Å². The number of hydrogen-bond acceptors (Lipinski definition) is 3. The Morgan fingerprint density at radius 1 is 1.44 bits per heavy atom. The van der Waals surface area contributed by atoms with Gasteiger partial charge in [0.2, 0.25) is 0 Å².